The molecule has 1 heterocycles. The second-order valence-corrected chi connectivity index (χ2v) is 6.59. The minimum atomic E-state index is 0.00884. The van der Waals surface area contributed by atoms with Crippen LogP contribution in [0.1, 0.15) is 12.0 Å². The van der Waals surface area contributed by atoms with Crippen molar-refractivity contribution in [3.8, 4) is 11.5 Å². The number of ether oxygens (including phenoxy) is 1. The number of fused-ring (bicyclic) bond motifs is 1. The normalized spacial score (nSPS) is 10.7. The van der Waals surface area contributed by atoms with Crippen molar-refractivity contribution in [2.45, 2.75) is 19.5 Å². The Bertz CT molecular complexity index is 1070. The Morgan fingerprint density at radius 1 is 0.964 bits per heavy atom. The molecule has 0 fully saturated rings. The first-order valence-electron chi connectivity index (χ1n) is 9.24. The monoisotopic (exact) mass is 371 g/mol. The topological polar surface area (TPSA) is 56.2 Å². The van der Waals surface area contributed by atoms with Crippen LogP contribution in [-0.4, -0.2) is 15.5 Å². The van der Waals surface area contributed by atoms with Crippen LogP contribution in [0.3, 0.4) is 0 Å². The fourth-order valence-electron chi connectivity index (χ4n) is 3.02. The summed E-state index contributed by atoms with van der Waals surface area (Å²) in [7, 11) is 0. The van der Waals surface area contributed by atoms with E-state index in [1.54, 1.807) is 12.5 Å². The van der Waals surface area contributed by atoms with Crippen LogP contribution in [0.5, 0.6) is 11.5 Å². The molecule has 1 N–H and O–H groups in total. The quantitative estimate of drug-likeness (QED) is 0.519. The molecule has 0 radical (unpaired) electrons. The van der Waals surface area contributed by atoms with Crippen molar-refractivity contribution in [3.05, 3.63) is 91.0 Å². The van der Waals surface area contributed by atoms with Gasteiger partial charge in [0.1, 0.15) is 11.5 Å². The maximum absolute atomic E-state index is 12.0. The fraction of sp³-hybridized carbons (Fsp3) is 0.130. The molecule has 1 amide bonds. The highest BCUT2D eigenvalue weighted by atomic mass is 16.5. The molecule has 4 aromatic rings. The van der Waals surface area contributed by atoms with Crippen LogP contribution < -0.4 is 10.1 Å². The van der Waals surface area contributed by atoms with Gasteiger partial charge in [0.25, 0.3) is 0 Å². The van der Waals surface area contributed by atoms with Gasteiger partial charge in [-0.25, -0.2) is 4.98 Å². The van der Waals surface area contributed by atoms with Crippen LogP contribution in [0.25, 0.3) is 10.8 Å². The van der Waals surface area contributed by atoms with Gasteiger partial charge in [0, 0.05) is 31.9 Å². The molecule has 0 spiro atoms. The van der Waals surface area contributed by atoms with Gasteiger partial charge in [-0.2, -0.15) is 0 Å². The third-order valence-corrected chi connectivity index (χ3v) is 4.50. The number of nitrogens with one attached hydrogen (secondary N) is 1. The zero-order valence-electron chi connectivity index (χ0n) is 15.4. The lowest BCUT2D eigenvalue weighted by molar-refractivity contribution is -0.121. The largest absolute Gasteiger partial charge is 0.457 e. The van der Waals surface area contributed by atoms with Crippen LogP contribution >= 0.6 is 0 Å². The average molecular weight is 371 g/mol. The smallest absolute Gasteiger partial charge is 0.222 e. The van der Waals surface area contributed by atoms with Crippen molar-refractivity contribution >= 4 is 16.7 Å². The van der Waals surface area contributed by atoms with Crippen molar-refractivity contribution in [3.63, 3.8) is 0 Å². The van der Waals surface area contributed by atoms with Gasteiger partial charge >= 0.3 is 0 Å². The van der Waals surface area contributed by atoms with Crippen molar-refractivity contribution in [1.82, 2.24) is 14.9 Å². The number of nitrogens with zero attached hydrogens (tertiary/aromatic N) is 2. The highest BCUT2D eigenvalue weighted by Crippen LogP contribution is 2.26. The summed E-state index contributed by atoms with van der Waals surface area (Å²) in [5.74, 6) is 1.55. The maximum atomic E-state index is 12.0. The lowest BCUT2D eigenvalue weighted by atomic mass is 10.1. The van der Waals surface area contributed by atoms with Crippen LogP contribution in [0.4, 0.5) is 0 Å². The van der Waals surface area contributed by atoms with Gasteiger partial charge in [0.2, 0.25) is 5.91 Å². The minimum Gasteiger partial charge on any atom is -0.457 e. The van der Waals surface area contributed by atoms with Gasteiger partial charge in [-0.3, -0.25) is 4.79 Å². The SMILES string of the molecule is O=C(CCn1ccnc1)NCc1cccc(Oc2ccc3ccccc3c2)c1. The predicted molar refractivity (Wildman–Crippen MR) is 109 cm³/mol. The molecule has 0 bridgehead atoms. The third kappa shape index (κ3) is 4.57. The number of aryl methyl sites for hydroxylation is 1. The molecule has 5 heteroatoms. The van der Waals surface area contributed by atoms with E-state index in [0.29, 0.717) is 19.5 Å². The van der Waals surface area contributed by atoms with Crippen molar-refractivity contribution < 1.29 is 9.53 Å². The molecule has 5 nitrogen and oxygen atoms in total. The van der Waals surface area contributed by atoms with E-state index in [9.17, 15) is 4.79 Å². The summed E-state index contributed by atoms with van der Waals surface area (Å²) < 4.78 is 7.89. The molecule has 28 heavy (non-hydrogen) atoms. The first-order valence-corrected chi connectivity index (χ1v) is 9.24. The number of hydrogen-bond donors (Lipinski definition) is 1. The average Bonchev–Trinajstić information content (AvgIpc) is 3.25. The number of rotatable bonds is 7. The fourth-order valence-corrected chi connectivity index (χ4v) is 3.02. The van der Waals surface area contributed by atoms with Gasteiger partial charge in [-0.1, -0.05) is 42.5 Å². The standard InChI is InChI=1S/C23H21N3O2/c27-23(10-12-26-13-11-24-17-26)25-16-18-4-3-7-21(14-18)28-22-9-8-19-5-1-2-6-20(19)15-22/h1-9,11,13-15,17H,10,12,16H2,(H,25,27). The van der Waals surface area contributed by atoms with E-state index < -0.39 is 0 Å². The van der Waals surface area contributed by atoms with Crippen LogP contribution in [0, 0.1) is 0 Å². The zero-order chi connectivity index (χ0) is 19.2. The summed E-state index contributed by atoms with van der Waals surface area (Å²) in [5, 5.41) is 5.27. The summed E-state index contributed by atoms with van der Waals surface area (Å²) >= 11 is 0. The summed E-state index contributed by atoms with van der Waals surface area (Å²) in [6, 6.07) is 22.0. The molecule has 0 unspecified atom stereocenters. The predicted octanol–water partition coefficient (Wildman–Crippen LogP) is 4.54. The van der Waals surface area contributed by atoms with E-state index >= 15 is 0 Å². The molecule has 140 valence electrons. The number of aromatic nitrogens is 2. The summed E-state index contributed by atoms with van der Waals surface area (Å²) in [6.45, 7) is 1.09. The first-order chi connectivity index (χ1) is 13.8. The molecule has 4 rings (SSSR count). The summed E-state index contributed by atoms with van der Waals surface area (Å²) in [4.78, 5) is 16.0. The molecule has 0 saturated heterocycles. The summed E-state index contributed by atoms with van der Waals surface area (Å²) in [5.41, 5.74) is 0.995. The van der Waals surface area contributed by atoms with Gasteiger partial charge in [0.05, 0.1) is 6.33 Å². The molecule has 0 aliphatic rings. The highest BCUT2D eigenvalue weighted by molar-refractivity contribution is 5.83. The molecule has 0 saturated carbocycles. The van der Waals surface area contributed by atoms with Crippen LogP contribution in [0.15, 0.2) is 85.5 Å². The van der Waals surface area contributed by atoms with Gasteiger partial charge in [-0.15, -0.1) is 0 Å². The maximum Gasteiger partial charge on any atom is 0.222 e. The zero-order valence-corrected chi connectivity index (χ0v) is 15.4. The second-order valence-electron chi connectivity index (χ2n) is 6.59. The Balaban J connectivity index is 1.35. The van der Waals surface area contributed by atoms with Crippen molar-refractivity contribution in [1.29, 1.82) is 0 Å². The number of carbonyl (C=O) groups is 1. The number of imidazole rings is 1. The molecular formula is C23H21N3O2. The van der Waals surface area contributed by atoms with E-state index in [0.717, 1.165) is 22.4 Å². The minimum absolute atomic E-state index is 0.00884. The van der Waals surface area contributed by atoms with Gasteiger partial charge in [-0.05, 0) is 40.6 Å². The van der Waals surface area contributed by atoms with Crippen molar-refractivity contribution in [2.75, 3.05) is 0 Å². The van der Waals surface area contributed by atoms with E-state index in [-0.39, 0.29) is 5.91 Å². The van der Waals surface area contributed by atoms with Crippen LogP contribution in [0.2, 0.25) is 0 Å². The molecule has 3 aromatic carbocycles. The molecule has 0 aliphatic heterocycles. The Kier molecular flexibility index (Phi) is 5.33. The van der Waals surface area contributed by atoms with Gasteiger partial charge in [0.15, 0.2) is 0 Å². The van der Waals surface area contributed by atoms with E-state index in [2.05, 4.69) is 28.5 Å². The first kappa shape index (κ1) is 17.8. The Hall–Kier alpha value is -3.60. The van der Waals surface area contributed by atoms with Gasteiger partial charge < -0.3 is 14.6 Å². The third-order valence-electron chi connectivity index (χ3n) is 4.50. The lowest BCUT2D eigenvalue weighted by Crippen LogP contribution is -2.23. The molecular weight excluding hydrogens is 350 g/mol. The Labute approximate surface area is 163 Å². The lowest BCUT2D eigenvalue weighted by Gasteiger charge is -2.10. The molecule has 1 aromatic heterocycles. The van der Waals surface area contributed by atoms with Crippen molar-refractivity contribution in [2.24, 2.45) is 0 Å². The van der Waals surface area contributed by atoms with Crippen LogP contribution in [-0.2, 0) is 17.9 Å². The van der Waals surface area contributed by atoms with E-state index in [4.69, 9.17) is 4.74 Å². The number of benzene rings is 3. The number of amides is 1. The number of hydrogen-bond acceptors (Lipinski definition) is 3. The molecule has 0 atom stereocenters. The Morgan fingerprint density at radius 2 is 1.82 bits per heavy atom. The van der Waals surface area contributed by atoms with E-state index in [1.165, 1.54) is 5.39 Å². The summed E-state index contributed by atoms with van der Waals surface area (Å²) in [6.07, 6.45) is 5.68. The number of carbonyl (C=O) groups excluding carboxylic acids is 1. The Morgan fingerprint density at radius 3 is 2.68 bits per heavy atom. The molecule has 0 aliphatic carbocycles. The second kappa shape index (κ2) is 8.39. The van der Waals surface area contributed by atoms with E-state index in [1.807, 2.05) is 59.3 Å². The highest BCUT2D eigenvalue weighted by Gasteiger charge is 2.04.